The van der Waals surface area contributed by atoms with Crippen molar-refractivity contribution < 1.29 is 19.6 Å². The molecule has 0 aromatic heterocycles. The lowest BCUT2D eigenvalue weighted by Gasteiger charge is -2.42. The van der Waals surface area contributed by atoms with Gasteiger partial charge < -0.3 is 0 Å². The Balaban J connectivity index is 5.03. The minimum atomic E-state index is -0.943. The zero-order chi connectivity index (χ0) is 19.4. The maximum Gasteiger partial charge on any atom is 0.231 e. The van der Waals surface area contributed by atoms with Gasteiger partial charge in [0.15, 0.2) is 0 Å². The van der Waals surface area contributed by atoms with Crippen LogP contribution in [0.25, 0.3) is 0 Å². The summed E-state index contributed by atoms with van der Waals surface area (Å²) in [7, 11) is 0. The summed E-state index contributed by atoms with van der Waals surface area (Å²) in [5.41, 5.74) is -1.04. The fraction of sp³-hybridized carbons (Fsp3) is 1.00. The standard InChI is InChI=1S/C20H42O4/c1-13-14-15-20(12,23-21-18(8,9)16(2,3)4)24-22-19(10,11)17(5,6)7/h13-15H2,1-12H3. The quantitative estimate of drug-likeness (QED) is 0.273. The first-order valence-corrected chi connectivity index (χ1v) is 9.21. The molecule has 0 N–H and O–H groups in total. The number of hydrogen-bond acceptors (Lipinski definition) is 4. The zero-order valence-electron chi connectivity index (χ0n) is 18.3. The molecular formula is C20H42O4. The first-order chi connectivity index (χ1) is 10.5. The molecule has 0 aromatic rings. The highest BCUT2D eigenvalue weighted by molar-refractivity contribution is 4.83. The van der Waals surface area contributed by atoms with Crippen LogP contribution in [0.4, 0.5) is 0 Å². The summed E-state index contributed by atoms with van der Waals surface area (Å²) >= 11 is 0. The van der Waals surface area contributed by atoms with Gasteiger partial charge in [0, 0.05) is 6.42 Å². The molecule has 0 atom stereocenters. The molecule has 4 heteroatoms. The Morgan fingerprint density at radius 1 is 0.542 bits per heavy atom. The molecule has 0 saturated heterocycles. The summed E-state index contributed by atoms with van der Waals surface area (Å²) in [5, 5.41) is 0. The average Bonchev–Trinajstić information content (AvgIpc) is 2.39. The second kappa shape index (κ2) is 8.03. The molecule has 0 bridgehead atoms. The van der Waals surface area contributed by atoms with Crippen molar-refractivity contribution in [2.24, 2.45) is 10.8 Å². The predicted octanol–water partition coefficient (Wildman–Crippen LogP) is 6.44. The number of unbranched alkanes of at least 4 members (excludes halogenated alkanes) is 1. The summed E-state index contributed by atoms with van der Waals surface area (Å²) in [4.78, 5) is 23.2. The molecule has 4 nitrogen and oxygen atoms in total. The third kappa shape index (κ3) is 6.99. The van der Waals surface area contributed by atoms with Crippen LogP contribution in [0.2, 0.25) is 0 Å². The summed E-state index contributed by atoms with van der Waals surface area (Å²) in [6.45, 7) is 24.8. The molecule has 0 spiro atoms. The molecule has 0 unspecified atom stereocenters. The van der Waals surface area contributed by atoms with Gasteiger partial charge in [0.1, 0.15) is 11.2 Å². The van der Waals surface area contributed by atoms with E-state index in [0.717, 1.165) is 12.8 Å². The maximum absolute atomic E-state index is 5.80. The van der Waals surface area contributed by atoms with Gasteiger partial charge in [0.2, 0.25) is 5.79 Å². The van der Waals surface area contributed by atoms with Crippen molar-refractivity contribution in [3.05, 3.63) is 0 Å². The second-order valence-electron chi connectivity index (χ2n) is 10.1. The van der Waals surface area contributed by atoms with E-state index in [9.17, 15) is 0 Å². The third-order valence-corrected chi connectivity index (χ3v) is 5.45. The molecule has 0 aromatic carbocycles. The summed E-state index contributed by atoms with van der Waals surface area (Å²) in [6.07, 6.45) is 2.71. The van der Waals surface area contributed by atoms with Crippen LogP contribution >= 0.6 is 0 Å². The molecule has 0 aliphatic rings. The molecular weight excluding hydrogens is 304 g/mol. The van der Waals surface area contributed by atoms with Gasteiger partial charge in [-0.1, -0.05) is 54.9 Å². The lowest BCUT2D eigenvalue weighted by Crippen LogP contribution is -2.46. The Kier molecular flexibility index (Phi) is 7.97. The monoisotopic (exact) mass is 346 g/mol. The van der Waals surface area contributed by atoms with Gasteiger partial charge in [-0.25, -0.2) is 9.78 Å². The Labute approximate surface area is 150 Å². The first kappa shape index (κ1) is 23.8. The molecule has 0 radical (unpaired) electrons. The molecule has 24 heavy (non-hydrogen) atoms. The molecule has 146 valence electrons. The summed E-state index contributed by atoms with van der Waals surface area (Å²) in [5.74, 6) is -0.943. The van der Waals surface area contributed by atoms with Crippen molar-refractivity contribution >= 4 is 0 Å². The van der Waals surface area contributed by atoms with E-state index in [1.165, 1.54) is 0 Å². The van der Waals surface area contributed by atoms with E-state index in [-0.39, 0.29) is 10.8 Å². The van der Waals surface area contributed by atoms with Crippen LogP contribution in [0.1, 0.15) is 102 Å². The van der Waals surface area contributed by atoms with Crippen molar-refractivity contribution in [3.8, 4) is 0 Å². The van der Waals surface area contributed by atoms with Crippen LogP contribution < -0.4 is 0 Å². The van der Waals surface area contributed by atoms with Crippen LogP contribution in [0.15, 0.2) is 0 Å². The van der Waals surface area contributed by atoms with Crippen LogP contribution in [-0.4, -0.2) is 17.0 Å². The van der Waals surface area contributed by atoms with Crippen LogP contribution in [0.3, 0.4) is 0 Å². The largest absolute Gasteiger partial charge is 0.231 e. The van der Waals surface area contributed by atoms with Crippen molar-refractivity contribution in [2.45, 2.75) is 119 Å². The molecule has 0 heterocycles. The van der Waals surface area contributed by atoms with Gasteiger partial charge in [-0.3, -0.25) is 0 Å². The van der Waals surface area contributed by atoms with E-state index < -0.39 is 17.0 Å². The Morgan fingerprint density at radius 3 is 1.12 bits per heavy atom. The first-order valence-electron chi connectivity index (χ1n) is 9.21. The Bertz CT molecular complexity index is 342. The lowest BCUT2D eigenvalue weighted by molar-refractivity contribution is -0.548. The van der Waals surface area contributed by atoms with Crippen molar-refractivity contribution in [1.82, 2.24) is 0 Å². The second-order valence-corrected chi connectivity index (χ2v) is 10.1. The highest BCUT2D eigenvalue weighted by atomic mass is 17.3. The van der Waals surface area contributed by atoms with E-state index in [1.807, 2.05) is 34.6 Å². The highest BCUT2D eigenvalue weighted by Crippen LogP contribution is 2.38. The van der Waals surface area contributed by atoms with Crippen LogP contribution in [-0.2, 0) is 19.6 Å². The number of hydrogen-bond donors (Lipinski definition) is 0. The zero-order valence-corrected chi connectivity index (χ0v) is 18.3. The van der Waals surface area contributed by atoms with E-state index in [4.69, 9.17) is 19.6 Å². The molecule has 0 amide bonds. The van der Waals surface area contributed by atoms with Gasteiger partial charge in [-0.2, -0.15) is 9.78 Å². The van der Waals surface area contributed by atoms with Crippen molar-refractivity contribution in [3.63, 3.8) is 0 Å². The minimum Gasteiger partial charge on any atom is -0.227 e. The smallest absolute Gasteiger partial charge is 0.227 e. The van der Waals surface area contributed by atoms with Crippen molar-refractivity contribution in [2.75, 3.05) is 0 Å². The normalized spacial score (nSPS) is 15.0. The van der Waals surface area contributed by atoms with Gasteiger partial charge >= 0.3 is 0 Å². The van der Waals surface area contributed by atoms with E-state index >= 15 is 0 Å². The molecule has 0 fully saturated rings. The third-order valence-electron chi connectivity index (χ3n) is 5.45. The number of rotatable bonds is 9. The van der Waals surface area contributed by atoms with Crippen molar-refractivity contribution in [1.29, 1.82) is 0 Å². The Hall–Kier alpha value is -0.160. The summed E-state index contributed by atoms with van der Waals surface area (Å²) in [6, 6.07) is 0. The molecule has 0 aliphatic heterocycles. The maximum atomic E-state index is 5.80. The highest BCUT2D eigenvalue weighted by Gasteiger charge is 2.42. The fourth-order valence-electron chi connectivity index (χ4n) is 1.23. The van der Waals surface area contributed by atoms with E-state index in [0.29, 0.717) is 6.42 Å². The Morgan fingerprint density at radius 2 is 0.875 bits per heavy atom. The van der Waals surface area contributed by atoms with E-state index in [2.05, 4.69) is 48.5 Å². The topological polar surface area (TPSA) is 36.9 Å². The molecule has 0 rings (SSSR count). The predicted molar refractivity (Wildman–Crippen MR) is 99.3 cm³/mol. The lowest BCUT2D eigenvalue weighted by atomic mass is 9.79. The summed E-state index contributed by atoms with van der Waals surface area (Å²) < 4.78 is 0. The SMILES string of the molecule is CCCCC(C)(OOC(C)(C)C(C)(C)C)OOC(C)(C)C(C)(C)C. The van der Waals surface area contributed by atoms with Gasteiger partial charge in [0.05, 0.1) is 0 Å². The van der Waals surface area contributed by atoms with E-state index in [1.54, 1.807) is 0 Å². The van der Waals surface area contributed by atoms with Crippen LogP contribution in [0.5, 0.6) is 0 Å². The molecule has 0 saturated carbocycles. The van der Waals surface area contributed by atoms with Crippen LogP contribution in [0, 0.1) is 10.8 Å². The van der Waals surface area contributed by atoms with Gasteiger partial charge in [-0.05, 0) is 51.9 Å². The fourth-order valence-corrected chi connectivity index (χ4v) is 1.23. The minimum absolute atomic E-state index is 0.0653. The van der Waals surface area contributed by atoms with Gasteiger partial charge in [0.25, 0.3) is 0 Å². The van der Waals surface area contributed by atoms with Gasteiger partial charge in [-0.15, -0.1) is 0 Å². The molecule has 0 aliphatic carbocycles. The average molecular weight is 347 g/mol.